The number of rotatable bonds is 4. The Labute approximate surface area is 338 Å². The van der Waals surface area contributed by atoms with Gasteiger partial charge in [-0.1, -0.05) is 127 Å². The Bertz CT molecular complexity index is 3790. The third-order valence-corrected chi connectivity index (χ3v) is 12.1. The molecule has 12 aromatic rings. The highest BCUT2D eigenvalue weighted by Crippen LogP contribution is 2.45. The van der Waals surface area contributed by atoms with Gasteiger partial charge in [0.15, 0.2) is 0 Å². The van der Waals surface area contributed by atoms with E-state index in [4.69, 9.17) is 6.57 Å². The quantitative estimate of drug-likeness (QED) is 0.165. The number of aromatic nitrogens is 3. The van der Waals surface area contributed by atoms with E-state index in [9.17, 15) is 5.26 Å². The predicted molar refractivity (Wildman–Crippen MR) is 243 cm³/mol. The molecular weight excluding hydrogens is 719 g/mol. The van der Waals surface area contributed by atoms with Crippen molar-refractivity contribution in [3.8, 4) is 34.3 Å². The summed E-state index contributed by atoms with van der Waals surface area (Å²) in [7, 11) is 0. The number of fused-ring (bicyclic) bond motifs is 12. The molecule has 12 rings (SSSR count). The molecule has 0 atom stereocenters. The van der Waals surface area contributed by atoms with Gasteiger partial charge in [0.25, 0.3) is 0 Å². The fourth-order valence-electron chi connectivity index (χ4n) is 9.58. The monoisotopic (exact) mass is 749 g/mol. The first kappa shape index (κ1) is 32.8. The maximum atomic E-state index is 11.1. The van der Waals surface area contributed by atoms with E-state index in [-0.39, 0.29) is 0 Å². The summed E-state index contributed by atoms with van der Waals surface area (Å²) in [6.07, 6.45) is 0. The molecule has 59 heavy (non-hydrogen) atoms. The van der Waals surface area contributed by atoms with E-state index in [0.29, 0.717) is 22.6 Å². The molecule has 0 saturated heterocycles. The van der Waals surface area contributed by atoms with Crippen LogP contribution in [0.25, 0.3) is 109 Å². The average Bonchev–Trinajstić information content (AvgIpc) is 3.94. The Kier molecular flexibility index (Phi) is 6.99. The summed E-state index contributed by atoms with van der Waals surface area (Å²) < 4.78 is 6.72. The lowest BCUT2D eigenvalue weighted by Gasteiger charge is -2.16. The van der Waals surface area contributed by atoms with Gasteiger partial charge in [0.1, 0.15) is 6.07 Å². The van der Waals surface area contributed by atoms with Crippen LogP contribution in [0.15, 0.2) is 188 Å². The molecule has 0 aliphatic heterocycles. The standard InChI is InChI=1S/C54H31N5/c1-56-44-32-50(58-47-27-25-36(34-14-4-2-5-15-34)30-43(47)52-39-19-9-8-16-35(39)24-28-48(52)58)37(33-55)31-51(44)59-45-22-12-10-20-40(45)41-26-29-49-53(54(41)59)42-21-11-13-23-46(42)57(49)38-17-6-3-7-18-38/h2-32H. The van der Waals surface area contributed by atoms with Crippen molar-refractivity contribution >= 4 is 81.9 Å². The summed E-state index contributed by atoms with van der Waals surface area (Å²) in [5.74, 6) is 0. The van der Waals surface area contributed by atoms with E-state index in [0.717, 1.165) is 93.0 Å². The number of hydrogen-bond acceptors (Lipinski definition) is 1. The molecule has 0 aliphatic carbocycles. The molecule has 9 aromatic carbocycles. The van der Waals surface area contributed by atoms with E-state index in [1.54, 1.807) is 0 Å². The van der Waals surface area contributed by atoms with Crippen LogP contribution in [0.1, 0.15) is 5.56 Å². The number of para-hydroxylation sites is 3. The maximum Gasteiger partial charge on any atom is 0.212 e. The second-order valence-corrected chi connectivity index (χ2v) is 15.1. The Hall–Kier alpha value is -8.38. The third-order valence-electron chi connectivity index (χ3n) is 12.1. The van der Waals surface area contributed by atoms with Gasteiger partial charge < -0.3 is 13.7 Å². The van der Waals surface area contributed by atoms with Gasteiger partial charge in [-0.2, -0.15) is 5.26 Å². The maximum absolute atomic E-state index is 11.1. The Morgan fingerprint density at radius 2 is 1.05 bits per heavy atom. The van der Waals surface area contributed by atoms with Crippen molar-refractivity contribution in [3.63, 3.8) is 0 Å². The van der Waals surface area contributed by atoms with Crippen LogP contribution >= 0.6 is 0 Å². The summed E-state index contributed by atoms with van der Waals surface area (Å²) >= 11 is 0. The van der Waals surface area contributed by atoms with Crippen LogP contribution in [0.3, 0.4) is 0 Å². The van der Waals surface area contributed by atoms with Gasteiger partial charge in [-0.15, -0.1) is 0 Å². The van der Waals surface area contributed by atoms with Gasteiger partial charge in [0, 0.05) is 38.0 Å². The molecule has 5 nitrogen and oxygen atoms in total. The second kappa shape index (κ2) is 12.6. The molecule has 0 bridgehead atoms. The van der Waals surface area contributed by atoms with E-state index < -0.39 is 0 Å². The number of nitriles is 1. The zero-order valence-electron chi connectivity index (χ0n) is 31.6. The van der Waals surface area contributed by atoms with E-state index in [1.165, 1.54) is 0 Å². The summed E-state index contributed by atoms with van der Waals surface area (Å²) in [4.78, 5) is 4.25. The molecule has 0 N–H and O–H groups in total. The van der Waals surface area contributed by atoms with Crippen LogP contribution in [0.5, 0.6) is 0 Å². The van der Waals surface area contributed by atoms with E-state index >= 15 is 0 Å². The van der Waals surface area contributed by atoms with Crippen molar-refractivity contribution in [2.75, 3.05) is 0 Å². The van der Waals surface area contributed by atoms with Gasteiger partial charge in [0.05, 0.1) is 56.6 Å². The molecule has 0 radical (unpaired) electrons. The fourth-order valence-corrected chi connectivity index (χ4v) is 9.58. The van der Waals surface area contributed by atoms with E-state index in [2.05, 4.69) is 182 Å². The van der Waals surface area contributed by atoms with Crippen molar-refractivity contribution in [1.82, 2.24) is 13.7 Å². The largest absolute Gasteiger partial charge is 0.318 e. The van der Waals surface area contributed by atoms with Gasteiger partial charge in [-0.3, -0.25) is 0 Å². The van der Waals surface area contributed by atoms with Crippen molar-refractivity contribution in [2.24, 2.45) is 0 Å². The fraction of sp³-hybridized carbons (Fsp3) is 0. The molecule has 0 amide bonds. The smallest absolute Gasteiger partial charge is 0.212 e. The minimum Gasteiger partial charge on any atom is -0.318 e. The molecule has 0 spiro atoms. The van der Waals surface area contributed by atoms with Gasteiger partial charge in [-0.05, 0) is 82.6 Å². The van der Waals surface area contributed by atoms with Crippen LogP contribution in [-0.4, -0.2) is 13.7 Å². The van der Waals surface area contributed by atoms with Crippen molar-refractivity contribution < 1.29 is 0 Å². The van der Waals surface area contributed by atoms with Crippen LogP contribution in [-0.2, 0) is 0 Å². The van der Waals surface area contributed by atoms with Gasteiger partial charge >= 0.3 is 0 Å². The number of benzene rings is 9. The third kappa shape index (κ3) is 4.65. The van der Waals surface area contributed by atoms with Crippen molar-refractivity contribution in [3.05, 3.63) is 205 Å². The summed E-state index contributed by atoms with van der Waals surface area (Å²) in [5, 5.41) is 20.0. The molecule has 0 saturated carbocycles. The number of nitrogens with zero attached hydrogens (tertiary/aromatic N) is 5. The highest BCUT2D eigenvalue weighted by molar-refractivity contribution is 6.26. The second-order valence-electron chi connectivity index (χ2n) is 15.1. The van der Waals surface area contributed by atoms with Crippen molar-refractivity contribution in [2.45, 2.75) is 0 Å². The Balaban J connectivity index is 1.18. The first-order valence-corrected chi connectivity index (χ1v) is 19.7. The summed E-state index contributed by atoms with van der Waals surface area (Å²) in [5.41, 5.74) is 11.7. The lowest BCUT2D eigenvalue weighted by molar-refractivity contribution is 1.14. The van der Waals surface area contributed by atoms with Crippen molar-refractivity contribution in [1.29, 1.82) is 5.26 Å². The highest BCUT2D eigenvalue weighted by atomic mass is 15.0. The van der Waals surface area contributed by atoms with Crippen LogP contribution in [0.2, 0.25) is 0 Å². The molecule has 0 aliphatic rings. The van der Waals surface area contributed by atoms with Gasteiger partial charge in [-0.25, -0.2) is 4.85 Å². The van der Waals surface area contributed by atoms with Crippen LogP contribution in [0.4, 0.5) is 5.69 Å². The topological polar surface area (TPSA) is 42.9 Å². The first-order chi connectivity index (χ1) is 29.2. The molecule has 3 aromatic heterocycles. The first-order valence-electron chi connectivity index (χ1n) is 19.7. The molecule has 5 heteroatoms. The normalized spacial score (nSPS) is 11.7. The average molecular weight is 750 g/mol. The van der Waals surface area contributed by atoms with Gasteiger partial charge in [0.2, 0.25) is 5.69 Å². The highest BCUT2D eigenvalue weighted by Gasteiger charge is 2.25. The summed E-state index contributed by atoms with van der Waals surface area (Å²) in [6.45, 7) is 8.74. The van der Waals surface area contributed by atoms with Crippen LogP contribution in [0, 0.1) is 17.9 Å². The molecule has 0 unspecified atom stereocenters. The Morgan fingerprint density at radius 3 is 1.83 bits per heavy atom. The summed E-state index contributed by atoms with van der Waals surface area (Å²) in [6, 6.07) is 68.0. The molecule has 3 heterocycles. The minimum atomic E-state index is 0.460. The molecule has 272 valence electrons. The zero-order chi connectivity index (χ0) is 39.2. The molecule has 0 fully saturated rings. The minimum absolute atomic E-state index is 0.460. The lowest BCUT2D eigenvalue weighted by Crippen LogP contribution is -2.02. The Morgan fingerprint density at radius 1 is 0.424 bits per heavy atom. The molecular formula is C54H31N5. The van der Waals surface area contributed by atoms with E-state index in [1.807, 2.05) is 30.3 Å². The lowest BCUT2D eigenvalue weighted by atomic mass is 10.0. The predicted octanol–water partition coefficient (Wildman–Crippen LogP) is 14.2. The zero-order valence-corrected chi connectivity index (χ0v) is 31.6. The number of hydrogen-bond donors (Lipinski definition) is 0. The van der Waals surface area contributed by atoms with Crippen LogP contribution < -0.4 is 0 Å². The SMILES string of the molecule is [C-]#[N+]c1cc(-n2c3ccc(-c4ccccc4)cc3c3c4ccccc4ccc32)c(C#N)cc1-n1c2ccccc2c2ccc3c(c4ccccc4n3-c3ccccc3)c21.